The van der Waals surface area contributed by atoms with E-state index in [0.29, 0.717) is 6.42 Å². The normalized spacial score (nSPS) is 14.3. The van der Waals surface area contributed by atoms with Crippen molar-refractivity contribution in [2.45, 2.75) is 46.0 Å². The van der Waals surface area contributed by atoms with E-state index in [1.54, 1.807) is 28.1 Å². The number of methoxy groups -OCH3 is 1. The van der Waals surface area contributed by atoms with Crippen molar-refractivity contribution in [2.24, 2.45) is 5.92 Å². The lowest BCUT2D eigenvalue weighted by molar-refractivity contribution is -0.191. The summed E-state index contributed by atoms with van der Waals surface area (Å²) >= 11 is 0. The number of aliphatic hydroxyl groups excluding tert-OH is 2. The third kappa shape index (κ3) is 9.71. The minimum absolute atomic E-state index is 0.0790. The van der Waals surface area contributed by atoms with Gasteiger partial charge in [-0.3, -0.25) is 9.59 Å². The molecule has 3 atom stereocenters. The Bertz CT molecular complexity index is 267. The highest BCUT2D eigenvalue weighted by Gasteiger charge is 2.31. The molecule has 2 N–H and O–H groups in total. The molecule has 0 amide bonds. The lowest BCUT2D eigenvalue weighted by atomic mass is 10.1. The van der Waals surface area contributed by atoms with E-state index in [-0.39, 0.29) is 12.5 Å². The van der Waals surface area contributed by atoms with Crippen LogP contribution >= 0.6 is 0 Å². The molecule has 0 rings (SSSR count). The van der Waals surface area contributed by atoms with Crippen molar-refractivity contribution in [3.8, 4) is 0 Å². The molecule has 7 nitrogen and oxygen atoms in total. The Labute approximate surface area is 119 Å². The molecule has 0 spiro atoms. The van der Waals surface area contributed by atoms with Crippen molar-refractivity contribution >= 4 is 11.9 Å². The molecule has 0 aliphatic rings. The van der Waals surface area contributed by atoms with Gasteiger partial charge in [0.2, 0.25) is 6.29 Å². The van der Waals surface area contributed by atoms with Crippen molar-refractivity contribution in [3.05, 3.63) is 0 Å². The minimum atomic E-state index is -1.68. The number of carbonyl (C=O) groups excluding carboxylic acids is 2. The van der Waals surface area contributed by atoms with Crippen LogP contribution in [0, 0.1) is 5.92 Å². The van der Waals surface area contributed by atoms with Gasteiger partial charge in [-0.25, -0.2) is 0 Å². The van der Waals surface area contributed by atoms with E-state index in [1.165, 1.54) is 0 Å². The van der Waals surface area contributed by atoms with Gasteiger partial charge in [0.15, 0.2) is 0 Å². The summed E-state index contributed by atoms with van der Waals surface area (Å²) in [5.41, 5.74) is 0. The molecule has 0 aromatic carbocycles. The molecule has 0 aromatic heterocycles. The maximum Gasteiger partial charge on any atom is 0.317 e. The molecule has 7 heteroatoms. The number of rotatable bonds is 7. The molecule has 3 unspecified atom stereocenters. The van der Waals surface area contributed by atoms with E-state index in [2.05, 4.69) is 9.47 Å². The Balaban J connectivity index is 0. The lowest BCUT2D eigenvalue weighted by Crippen LogP contribution is -2.37. The number of ether oxygens (including phenoxy) is 3. The zero-order chi connectivity index (χ0) is 16.1. The average molecular weight is 294 g/mol. The van der Waals surface area contributed by atoms with Gasteiger partial charge in [0.25, 0.3) is 0 Å². The summed E-state index contributed by atoms with van der Waals surface area (Å²) < 4.78 is 13.7. The van der Waals surface area contributed by atoms with Crippen molar-refractivity contribution in [1.29, 1.82) is 0 Å². The van der Waals surface area contributed by atoms with Crippen molar-refractivity contribution in [2.75, 3.05) is 20.8 Å². The second-order valence-electron chi connectivity index (χ2n) is 4.09. The number of carbonyl (C=O) groups is 2. The molecule has 0 saturated heterocycles. The van der Waals surface area contributed by atoms with Gasteiger partial charge < -0.3 is 24.4 Å². The largest absolute Gasteiger partial charge is 0.462 e. The minimum Gasteiger partial charge on any atom is -0.462 e. The van der Waals surface area contributed by atoms with Crippen molar-refractivity contribution < 1.29 is 34.0 Å². The molecule has 0 bridgehead atoms. The molecular weight excluding hydrogens is 268 g/mol. The van der Waals surface area contributed by atoms with Crippen LogP contribution < -0.4 is 0 Å². The van der Waals surface area contributed by atoms with Crippen LogP contribution in [0.4, 0.5) is 0 Å². The van der Waals surface area contributed by atoms with E-state index < -0.39 is 30.8 Å². The molecule has 0 aromatic rings. The lowest BCUT2D eigenvalue weighted by Gasteiger charge is -2.21. The molecular formula is C13H26O7. The monoisotopic (exact) mass is 294 g/mol. The van der Waals surface area contributed by atoms with E-state index >= 15 is 0 Å². The summed E-state index contributed by atoms with van der Waals surface area (Å²) in [7, 11) is 3.25. The number of hydrogen-bond donors (Lipinski definition) is 2. The summed E-state index contributed by atoms with van der Waals surface area (Å²) in [6.07, 6.45) is -1.29. The van der Waals surface area contributed by atoms with Gasteiger partial charge >= 0.3 is 11.9 Å². The Kier molecular flexibility index (Phi) is 13.6. The number of esters is 2. The van der Waals surface area contributed by atoms with Crippen LogP contribution in [0.5, 0.6) is 0 Å². The van der Waals surface area contributed by atoms with Gasteiger partial charge in [0.1, 0.15) is 5.92 Å². The first-order chi connectivity index (χ1) is 9.37. The van der Waals surface area contributed by atoms with E-state index in [9.17, 15) is 14.7 Å². The fraction of sp³-hybridized carbons (Fsp3) is 0.846. The number of hydrogen-bond acceptors (Lipinski definition) is 7. The first-order valence-electron chi connectivity index (χ1n) is 6.46. The van der Waals surface area contributed by atoms with Crippen LogP contribution in [0.15, 0.2) is 0 Å². The standard InChI is InChI=1S/C11H20O6.C2H6O/c1-4-7(3)16-10(14)8(6-12)11(15)17-9(13)5-2;1-3-2/h7-8,11-12,15H,4-6H2,1-3H3;1-2H3. The zero-order valence-electron chi connectivity index (χ0n) is 12.8. The Hall–Kier alpha value is -1.18. The van der Waals surface area contributed by atoms with Crippen LogP contribution in [-0.2, 0) is 23.8 Å². The fourth-order valence-corrected chi connectivity index (χ4v) is 0.950. The average Bonchev–Trinajstić information content (AvgIpc) is 2.39. The second-order valence-corrected chi connectivity index (χ2v) is 4.09. The van der Waals surface area contributed by atoms with Crippen molar-refractivity contribution in [3.63, 3.8) is 0 Å². The first-order valence-corrected chi connectivity index (χ1v) is 6.46. The van der Waals surface area contributed by atoms with E-state index in [4.69, 9.17) is 9.84 Å². The maximum atomic E-state index is 11.5. The predicted molar refractivity (Wildman–Crippen MR) is 71.7 cm³/mol. The summed E-state index contributed by atoms with van der Waals surface area (Å²) in [6.45, 7) is 4.43. The summed E-state index contributed by atoms with van der Waals surface area (Å²) in [5.74, 6) is -2.69. The quantitative estimate of drug-likeness (QED) is 0.519. The van der Waals surface area contributed by atoms with Crippen molar-refractivity contribution in [1.82, 2.24) is 0 Å². The summed E-state index contributed by atoms with van der Waals surface area (Å²) in [4.78, 5) is 22.4. The summed E-state index contributed by atoms with van der Waals surface area (Å²) in [6, 6.07) is 0. The molecule has 0 heterocycles. The molecule has 20 heavy (non-hydrogen) atoms. The zero-order valence-corrected chi connectivity index (χ0v) is 12.8. The molecule has 0 radical (unpaired) electrons. The molecule has 0 saturated carbocycles. The Morgan fingerprint density at radius 2 is 1.65 bits per heavy atom. The van der Waals surface area contributed by atoms with Gasteiger partial charge in [-0.2, -0.15) is 0 Å². The van der Waals surface area contributed by atoms with Gasteiger partial charge in [-0.15, -0.1) is 0 Å². The van der Waals surface area contributed by atoms with Crippen LogP contribution in [0.3, 0.4) is 0 Å². The van der Waals surface area contributed by atoms with E-state index in [0.717, 1.165) is 0 Å². The van der Waals surface area contributed by atoms with Gasteiger partial charge in [0, 0.05) is 20.6 Å². The smallest absolute Gasteiger partial charge is 0.317 e. The van der Waals surface area contributed by atoms with Crippen LogP contribution in [0.25, 0.3) is 0 Å². The topological polar surface area (TPSA) is 102 Å². The number of aliphatic hydroxyl groups is 2. The Morgan fingerprint density at radius 1 is 1.15 bits per heavy atom. The molecule has 0 aliphatic carbocycles. The first kappa shape index (κ1) is 21.1. The Morgan fingerprint density at radius 3 is 2.00 bits per heavy atom. The fourth-order valence-electron chi connectivity index (χ4n) is 0.950. The van der Waals surface area contributed by atoms with Gasteiger partial charge in [-0.1, -0.05) is 13.8 Å². The molecule has 0 aliphatic heterocycles. The third-order valence-electron chi connectivity index (χ3n) is 2.28. The van der Waals surface area contributed by atoms with Gasteiger partial charge in [0.05, 0.1) is 12.7 Å². The molecule has 120 valence electrons. The summed E-state index contributed by atoms with van der Waals surface area (Å²) in [5, 5.41) is 18.4. The SMILES string of the molecule is CCC(=O)OC(O)C(CO)C(=O)OC(C)CC.COC. The maximum absolute atomic E-state index is 11.5. The predicted octanol–water partition coefficient (Wildman–Crippen LogP) is 0.471. The third-order valence-corrected chi connectivity index (χ3v) is 2.28. The van der Waals surface area contributed by atoms with E-state index in [1.807, 2.05) is 6.92 Å². The molecule has 0 fully saturated rings. The van der Waals surface area contributed by atoms with Crippen LogP contribution in [0.1, 0.15) is 33.6 Å². The highest BCUT2D eigenvalue weighted by Crippen LogP contribution is 2.11. The van der Waals surface area contributed by atoms with Gasteiger partial charge in [-0.05, 0) is 13.3 Å². The second kappa shape index (κ2) is 12.8. The van der Waals surface area contributed by atoms with Crippen LogP contribution in [0.2, 0.25) is 0 Å². The highest BCUT2D eigenvalue weighted by molar-refractivity contribution is 5.74. The highest BCUT2D eigenvalue weighted by atomic mass is 16.6. The van der Waals surface area contributed by atoms with Crippen LogP contribution in [-0.4, -0.2) is 55.4 Å².